The quantitative estimate of drug-likeness (QED) is 0.167. The molecule has 0 fully saturated rings. The summed E-state index contributed by atoms with van der Waals surface area (Å²) in [6.07, 6.45) is 0. The Morgan fingerprint density at radius 3 is 1.95 bits per heavy atom. The van der Waals surface area contributed by atoms with Crippen LogP contribution in [0.4, 0.5) is 0 Å². The largest absolute Gasteiger partial charge is 0.456 e. The van der Waals surface area contributed by atoms with Gasteiger partial charge in [0.1, 0.15) is 11.2 Å². The summed E-state index contributed by atoms with van der Waals surface area (Å²) in [5.41, 5.74) is 13.6. The van der Waals surface area contributed by atoms with Crippen molar-refractivity contribution in [2.24, 2.45) is 0 Å². The van der Waals surface area contributed by atoms with Crippen molar-refractivity contribution >= 4 is 125 Å². The molecule has 0 N–H and O–H groups in total. The molecule has 0 aliphatic carbocycles. The molecule has 6 heteroatoms. The Morgan fingerprint density at radius 1 is 0.359 bits per heavy atom. The van der Waals surface area contributed by atoms with Crippen LogP contribution in [0.25, 0.3) is 148 Å². The van der Waals surface area contributed by atoms with Gasteiger partial charge < -0.3 is 13.4 Å². The highest BCUT2D eigenvalue weighted by molar-refractivity contribution is 6.37. The molecule has 0 atom stereocenters. The molecule has 0 spiro atoms. The maximum atomic E-state index is 6.68. The third kappa shape index (κ3) is 3.98. The number of hydrogen-bond acceptors (Lipinski definition) is 3. The summed E-state index contributed by atoms with van der Waals surface area (Å²) in [6.45, 7) is 0. The Morgan fingerprint density at radius 2 is 1.03 bits per heavy atom. The highest BCUT2D eigenvalue weighted by Crippen LogP contribution is 2.49. The summed E-state index contributed by atoms with van der Waals surface area (Å²) in [7, 11) is 0. The van der Waals surface area contributed by atoms with Gasteiger partial charge in [-0.2, -0.15) is 0 Å². The van der Waals surface area contributed by atoms with Crippen molar-refractivity contribution in [3.8, 4) is 22.9 Å². The van der Waals surface area contributed by atoms with Gasteiger partial charge in [0.15, 0.2) is 0 Å². The smallest absolute Gasteiger partial charge is 0.235 e. The van der Waals surface area contributed by atoms with Gasteiger partial charge in [0.25, 0.3) is 0 Å². The number of nitrogens with zero attached hydrogens (tertiary/aromatic N) is 5. The van der Waals surface area contributed by atoms with Crippen molar-refractivity contribution in [1.29, 1.82) is 0 Å². The topological polar surface area (TPSA) is 53.2 Å². The van der Waals surface area contributed by atoms with E-state index in [-0.39, 0.29) is 0 Å². The second kappa shape index (κ2) is 11.6. The van der Waals surface area contributed by atoms with Crippen molar-refractivity contribution in [3.63, 3.8) is 0 Å². The van der Waals surface area contributed by atoms with Gasteiger partial charge in [0, 0.05) is 59.7 Å². The number of aromatic nitrogens is 5. The lowest BCUT2D eigenvalue weighted by atomic mass is 9.98. The first-order valence-electron chi connectivity index (χ1n) is 21.8. The number of furan rings is 1. The van der Waals surface area contributed by atoms with Gasteiger partial charge in [-0.25, -0.2) is 9.97 Å². The summed E-state index contributed by atoms with van der Waals surface area (Å²) in [5, 5.41) is 15.0. The first-order chi connectivity index (χ1) is 31.8. The Labute approximate surface area is 362 Å². The van der Waals surface area contributed by atoms with Crippen molar-refractivity contribution in [2.75, 3.05) is 0 Å². The van der Waals surface area contributed by atoms with E-state index < -0.39 is 0 Å². The molecule has 0 radical (unpaired) electrons. The highest BCUT2D eigenvalue weighted by atomic mass is 16.3. The molecule has 6 heterocycles. The minimum atomic E-state index is 0.629. The number of fused-ring (bicyclic) bond motifs is 11. The lowest BCUT2D eigenvalue weighted by molar-refractivity contribution is 0.669. The van der Waals surface area contributed by atoms with Crippen LogP contribution in [-0.4, -0.2) is 23.5 Å². The van der Waals surface area contributed by atoms with Crippen molar-refractivity contribution < 1.29 is 4.42 Å². The Balaban J connectivity index is 1.07. The third-order valence-corrected chi connectivity index (χ3v) is 14.1. The lowest BCUT2D eigenvalue weighted by Gasteiger charge is -2.14. The third-order valence-electron chi connectivity index (χ3n) is 14.1. The molecule has 0 aliphatic heterocycles. The molecule has 16 aromatic rings. The molecule has 0 amide bonds. The number of hydrogen-bond donors (Lipinski definition) is 0. The van der Waals surface area contributed by atoms with Gasteiger partial charge in [0.2, 0.25) is 5.95 Å². The summed E-state index contributed by atoms with van der Waals surface area (Å²) >= 11 is 0. The van der Waals surface area contributed by atoms with E-state index >= 15 is 0 Å². The van der Waals surface area contributed by atoms with E-state index in [1.807, 2.05) is 0 Å². The predicted octanol–water partition coefficient (Wildman–Crippen LogP) is 15.1. The summed E-state index contributed by atoms with van der Waals surface area (Å²) < 4.78 is 13.9. The zero-order valence-electron chi connectivity index (χ0n) is 34.0. The first-order valence-corrected chi connectivity index (χ1v) is 21.8. The maximum Gasteiger partial charge on any atom is 0.235 e. The van der Waals surface area contributed by atoms with E-state index in [2.05, 4.69) is 202 Å². The number of rotatable bonds is 3. The van der Waals surface area contributed by atoms with Gasteiger partial charge in [-0.3, -0.25) is 4.57 Å². The first kappa shape index (κ1) is 33.0. The van der Waals surface area contributed by atoms with Crippen molar-refractivity contribution in [3.05, 3.63) is 188 Å². The molecular weight excluding hydrogens is 783 g/mol. The zero-order chi connectivity index (χ0) is 41.4. The number of benzene rings is 10. The predicted molar refractivity (Wildman–Crippen MR) is 264 cm³/mol. The van der Waals surface area contributed by atoms with Crippen LogP contribution in [0.1, 0.15) is 0 Å². The van der Waals surface area contributed by atoms with Crippen LogP contribution in [0.15, 0.2) is 192 Å². The molecule has 0 aliphatic rings. The normalized spacial score (nSPS) is 12.7. The van der Waals surface area contributed by atoms with Gasteiger partial charge in [-0.1, -0.05) is 121 Å². The minimum absolute atomic E-state index is 0.629. The van der Waals surface area contributed by atoms with Crippen LogP contribution < -0.4 is 0 Å². The molecule has 10 aromatic carbocycles. The summed E-state index contributed by atoms with van der Waals surface area (Å²) in [4.78, 5) is 11.4. The van der Waals surface area contributed by atoms with E-state index in [1.165, 1.54) is 43.4 Å². The second-order valence-corrected chi connectivity index (χ2v) is 17.3. The van der Waals surface area contributed by atoms with Crippen LogP contribution in [-0.2, 0) is 0 Å². The molecule has 0 saturated heterocycles. The van der Waals surface area contributed by atoms with E-state index in [9.17, 15) is 0 Å². The average molecular weight is 814 g/mol. The molecule has 294 valence electrons. The van der Waals surface area contributed by atoms with Crippen molar-refractivity contribution in [2.45, 2.75) is 0 Å². The maximum absolute atomic E-state index is 6.68. The van der Waals surface area contributed by atoms with Crippen LogP contribution in [0.2, 0.25) is 0 Å². The van der Waals surface area contributed by atoms with Gasteiger partial charge >= 0.3 is 0 Å². The van der Waals surface area contributed by atoms with Gasteiger partial charge in [-0.05, 0) is 82.9 Å². The Hall–Kier alpha value is -8.74. The van der Waals surface area contributed by atoms with Crippen molar-refractivity contribution in [1.82, 2.24) is 23.5 Å². The minimum Gasteiger partial charge on any atom is -0.456 e. The van der Waals surface area contributed by atoms with Crippen LogP contribution >= 0.6 is 0 Å². The molecule has 6 nitrogen and oxygen atoms in total. The Kier molecular flexibility index (Phi) is 5.97. The van der Waals surface area contributed by atoms with E-state index in [1.54, 1.807) is 0 Å². The SMILES string of the molecule is c1ccc2cc(-n3c4ccccc4c4c(-c5nc(-n6c7ccc8oc9cccc%10c9c8c7c7c6ccc6c8ccccc8n%10c67)nc6c5ccc5ccccc56)cccc43)ccc2c1. The second-order valence-electron chi connectivity index (χ2n) is 17.3. The van der Waals surface area contributed by atoms with Gasteiger partial charge in [0.05, 0.1) is 55.2 Å². The fourth-order valence-electron chi connectivity index (χ4n) is 11.5. The molecule has 16 rings (SSSR count). The standard InChI is InChI=1S/C58H31N5O/c1-2-13-34-31-35(25-23-32(34)11-1)61-43-19-8-6-16-39(43)50-40(17-9-20-44(50)61)56-41-26-24-33-12-3-4-14-36(33)55(41)59-58(60-56)63-46-29-30-49-54-51-45(21-10-22-48(51)64-49)62-42-18-7-5-15-37(42)38-27-28-47(63)53(52(46)54)57(38)62/h1-31H. The van der Waals surface area contributed by atoms with E-state index in [4.69, 9.17) is 14.4 Å². The monoisotopic (exact) mass is 813 g/mol. The highest BCUT2D eigenvalue weighted by Gasteiger charge is 2.28. The molecule has 6 aromatic heterocycles. The van der Waals surface area contributed by atoms with E-state index in [0.717, 1.165) is 98.9 Å². The summed E-state index contributed by atoms with van der Waals surface area (Å²) in [6, 6.07) is 67.9. The number of para-hydroxylation sites is 2. The zero-order valence-corrected chi connectivity index (χ0v) is 34.0. The van der Waals surface area contributed by atoms with Crippen LogP contribution in [0.3, 0.4) is 0 Å². The molecule has 0 unspecified atom stereocenters. The fourth-order valence-corrected chi connectivity index (χ4v) is 11.5. The van der Waals surface area contributed by atoms with Gasteiger partial charge in [-0.15, -0.1) is 0 Å². The average Bonchev–Trinajstić information content (AvgIpc) is 4.07. The van der Waals surface area contributed by atoms with Crippen LogP contribution in [0, 0.1) is 0 Å². The Bertz CT molecular complexity index is 4680. The lowest BCUT2D eigenvalue weighted by Crippen LogP contribution is -2.04. The fraction of sp³-hybridized carbons (Fsp3) is 0. The molecule has 0 saturated carbocycles. The molecule has 0 bridgehead atoms. The summed E-state index contributed by atoms with van der Waals surface area (Å²) in [5.74, 6) is 0.629. The molecular formula is C58H31N5O. The van der Waals surface area contributed by atoms with E-state index in [0.29, 0.717) is 5.95 Å². The van der Waals surface area contributed by atoms with Crippen LogP contribution in [0.5, 0.6) is 0 Å². The molecule has 64 heavy (non-hydrogen) atoms.